The molecule has 0 spiro atoms. The number of nitrogens with zero attached hydrogens (tertiary/aromatic N) is 3. The van der Waals surface area contributed by atoms with E-state index in [2.05, 4.69) is 25.9 Å². The predicted octanol–water partition coefficient (Wildman–Crippen LogP) is 2.60. The van der Waals surface area contributed by atoms with Crippen molar-refractivity contribution in [1.82, 2.24) is 14.5 Å². The van der Waals surface area contributed by atoms with E-state index in [1.54, 1.807) is 29.4 Å². The minimum Gasteiger partial charge on any atom is -0.294 e. The highest BCUT2D eigenvalue weighted by Crippen LogP contribution is 2.15. The van der Waals surface area contributed by atoms with Gasteiger partial charge in [0.15, 0.2) is 0 Å². The van der Waals surface area contributed by atoms with Crippen molar-refractivity contribution in [3.8, 4) is 0 Å². The zero-order valence-electron chi connectivity index (χ0n) is 9.95. The van der Waals surface area contributed by atoms with E-state index in [0.29, 0.717) is 17.4 Å². The SMILES string of the molecule is O=c1c2ccc(Br)cc2ncn1Cc1cccnc1. The molecule has 2 heterocycles. The van der Waals surface area contributed by atoms with E-state index in [1.807, 2.05) is 24.3 Å². The Morgan fingerprint density at radius 1 is 1.26 bits per heavy atom. The molecular weight excluding hydrogens is 306 g/mol. The molecule has 0 aliphatic rings. The predicted molar refractivity (Wildman–Crippen MR) is 77.0 cm³/mol. The van der Waals surface area contributed by atoms with Gasteiger partial charge in [0, 0.05) is 16.9 Å². The first-order valence-electron chi connectivity index (χ1n) is 5.77. The van der Waals surface area contributed by atoms with Crippen LogP contribution in [0.3, 0.4) is 0 Å². The normalized spacial score (nSPS) is 10.8. The van der Waals surface area contributed by atoms with Gasteiger partial charge in [-0.25, -0.2) is 4.98 Å². The van der Waals surface area contributed by atoms with Crippen molar-refractivity contribution in [2.75, 3.05) is 0 Å². The van der Waals surface area contributed by atoms with Crippen LogP contribution in [0.1, 0.15) is 5.56 Å². The number of pyridine rings is 1. The average molecular weight is 316 g/mol. The summed E-state index contributed by atoms with van der Waals surface area (Å²) in [6.45, 7) is 0.478. The Labute approximate surface area is 117 Å². The molecule has 4 nitrogen and oxygen atoms in total. The van der Waals surface area contributed by atoms with Gasteiger partial charge >= 0.3 is 0 Å². The third-order valence-corrected chi connectivity index (χ3v) is 3.36. The molecule has 0 fully saturated rings. The van der Waals surface area contributed by atoms with Crippen LogP contribution in [-0.2, 0) is 6.54 Å². The molecule has 0 amide bonds. The second-order valence-electron chi connectivity index (χ2n) is 4.20. The van der Waals surface area contributed by atoms with Gasteiger partial charge < -0.3 is 0 Å². The van der Waals surface area contributed by atoms with Crippen molar-refractivity contribution in [2.45, 2.75) is 6.54 Å². The molecule has 0 atom stereocenters. The number of rotatable bonds is 2. The lowest BCUT2D eigenvalue weighted by Crippen LogP contribution is -2.21. The molecule has 2 aromatic heterocycles. The fourth-order valence-electron chi connectivity index (χ4n) is 1.93. The summed E-state index contributed by atoms with van der Waals surface area (Å²) in [4.78, 5) is 20.7. The summed E-state index contributed by atoms with van der Waals surface area (Å²) in [5, 5.41) is 0.620. The van der Waals surface area contributed by atoms with Crippen LogP contribution in [0, 0.1) is 0 Å². The molecular formula is C14H10BrN3O. The summed E-state index contributed by atoms with van der Waals surface area (Å²) in [7, 11) is 0. The second kappa shape index (κ2) is 4.93. The van der Waals surface area contributed by atoms with E-state index in [0.717, 1.165) is 10.0 Å². The maximum absolute atomic E-state index is 12.3. The van der Waals surface area contributed by atoms with Crippen molar-refractivity contribution in [3.05, 3.63) is 69.4 Å². The minimum atomic E-state index is -0.0404. The average Bonchev–Trinajstić information content (AvgIpc) is 2.43. The third kappa shape index (κ3) is 2.42. The summed E-state index contributed by atoms with van der Waals surface area (Å²) >= 11 is 3.37. The number of hydrogen-bond donors (Lipinski definition) is 0. The molecule has 19 heavy (non-hydrogen) atoms. The molecule has 3 rings (SSSR count). The number of halogens is 1. The fourth-order valence-corrected chi connectivity index (χ4v) is 2.28. The highest BCUT2D eigenvalue weighted by atomic mass is 79.9. The largest absolute Gasteiger partial charge is 0.294 e. The lowest BCUT2D eigenvalue weighted by atomic mass is 10.2. The minimum absolute atomic E-state index is 0.0404. The molecule has 0 saturated heterocycles. The first-order chi connectivity index (χ1) is 9.24. The summed E-state index contributed by atoms with van der Waals surface area (Å²) in [6.07, 6.45) is 5.03. The van der Waals surface area contributed by atoms with Crippen LogP contribution < -0.4 is 5.56 Å². The lowest BCUT2D eigenvalue weighted by molar-refractivity contribution is 0.745. The Hall–Kier alpha value is -2.01. The summed E-state index contributed by atoms with van der Waals surface area (Å²) in [6, 6.07) is 9.26. The molecule has 0 bridgehead atoms. The van der Waals surface area contributed by atoms with Gasteiger partial charge in [0.1, 0.15) is 0 Å². The van der Waals surface area contributed by atoms with Gasteiger partial charge in [-0.1, -0.05) is 22.0 Å². The quantitative estimate of drug-likeness (QED) is 0.730. The summed E-state index contributed by atoms with van der Waals surface area (Å²) in [5.74, 6) is 0. The topological polar surface area (TPSA) is 47.8 Å². The molecule has 0 unspecified atom stereocenters. The third-order valence-electron chi connectivity index (χ3n) is 2.86. The smallest absolute Gasteiger partial charge is 0.261 e. The number of aromatic nitrogens is 3. The Bertz CT molecular complexity index is 784. The van der Waals surface area contributed by atoms with Gasteiger partial charge in [0.2, 0.25) is 0 Å². The molecule has 0 aliphatic heterocycles. The monoisotopic (exact) mass is 315 g/mol. The van der Waals surface area contributed by atoms with Crippen molar-refractivity contribution >= 4 is 26.8 Å². The van der Waals surface area contributed by atoms with Crippen LogP contribution in [0.25, 0.3) is 10.9 Å². The van der Waals surface area contributed by atoms with Gasteiger partial charge in [0.25, 0.3) is 5.56 Å². The first-order valence-corrected chi connectivity index (χ1v) is 6.57. The molecule has 5 heteroatoms. The molecule has 1 aromatic carbocycles. The molecule has 94 valence electrons. The van der Waals surface area contributed by atoms with Crippen LogP contribution in [0.4, 0.5) is 0 Å². The fraction of sp³-hybridized carbons (Fsp3) is 0.0714. The van der Waals surface area contributed by atoms with Crippen molar-refractivity contribution in [3.63, 3.8) is 0 Å². The molecule has 3 aromatic rings. The van der Waals surface area contributed by atoms with Crippen LogP contribution in [0.5, 0.6) is 0 Å². The summed E-state index contributed by atoms with van der Waals surface area (Å²) in [5.41, 5.74) is 1.63. The van der Waals surface area contributed by atoms with Gasteiger partial charge in [-0.3, -0.25) is 14.3 Å². The van der Waals surface area contributed by atoms with Gasteiger partial charge in [0.05, 0.1) is 23.8 Å². The highest BCUT2D eigenvalue weighted by Gasteiger charge is 2.05. The molecule has 0 aliphatic carbocycles. The van der Waals surface area contributed by atoms with E-state index in [9.17, 15) is 4.79 Å². The van der Waals surface area contributed by atoms with E-state index < -0.39 is 0 Å². The van der Waals surface area contributed by atoms with Gasteiger partial charge in [-0.05, 0) is 29.8 Å². The number of hydrogen-bond acceptors (Lipinski definition) is 3. The van der Waals surface area contributed by atoms with Crippen molar-refractivity contribution < 1.29 is 0 Å². The van der Waals surface area contributed by atoms with Crippen molar-refractivity contribution in [2.24, 2.45) is 0 Å². The van der Waals surface area contributed by atoms with E-state index in [-0.39, 0.29) is 5.56 Å². The molecule has 0 radical (unpaired) electrons. The van der Waals surface area contributed by atoms with Crippen LogP contribution in [0.15, 0.2) is 58.3 Å². The zero-order valence-corrected chi connectivity index (χ0v) is 11.5. The van der Waals surface area contributed by atoms with Gasteiger partial charge in [-0.2, -0.15) is 0 Å². The highest BCUT2D eigenvalue weighted by molar-refractivity contribution is 9.10. The standard InChI is InChI=1S/C14H10BrN3O/c15-11-3-4-12-13(6-11)17-9-18(14(12)19)8-10-2-1-5-16-7-10/h1-7,9H,8H2. The molecule has 0 saturated carbocycles. The first kappa shape index (κ1) is 12.0. The Kier molecular flexibility index (Phi) is 3.13. The van der Waals surface area contributed by atoms with E-state index in [4.69, 9.17) is 0 Å². The maximum Gasteiger partial charge on any atom is 0.261 e. The second-order valence-corrected chi connectivity index (χ2v) is 5.12. The zero-order chi connectivity index (χ0) is 13.2. The van der Waals surface area contributed by atoms with E-state index >= 15 is 0 Å². The Morgan fingerprint density at radius 2 is 2.16 bits per heavy atom. The maximum atomic E-state index is 12.3. The lowest BCUT2D eigenvalue weighted by Gasteiger charge is -2.06. The van der Waals surface area contributed by atoms with Crippen molar-refractivity contribution in [1.29, 1.82) is 0 Å². The summed E-state index contributed by atoms with van der Waals surface area (Å²) < 4.78 is 2.50. The van der Waals surface area contributed by atoms with Crippen LogP contribution in [-0.4, -0.2) is 14.5 Å². The van der Waals surface area contributed by atoms with Gasteiger partial charge in [-0.15, -0.1) is 0 Å². The van der Waals surface area contributed by atoms with E-state index in [1.165, 1.54) is 0 Å². The Balaban J connectivity index is 2.08. The van der Waals surface area contributed by atoms with Crippen LogP contribution in [0.2, 0.25) is 0 Å². The Morgan fingerprint density at radius 3 is 2.95 bits per heavy atom. The number of benzene rings is 1. The number of fused-ring (bicyclic) bond motifs is 1. The molecule has 0 N–H and O–H groups in total. The van der Waals surface area contributed by atoms with Crippen LogP contribution >= 0.6 is 15.9 Å².